The molecule has 1 N–H and O–H groups in total. The molecule has 3 rings (SSSR count). The van der Waals surface area contributed by atoms with E-state index in [-0.39, 0.29) is 22.9 Å². The fourth-order valence-corrected chi connectivity index (χ4v) is 4.36. The van der Waals surface area contributed by atoms with Crippen molar-refractivity contribution in [1.82, 2.24) is 9.78 Å². The topological polar surface area (TPSA) is 84.3 Å². The monoisotopic (exact) mass is 362 g/mol. The van der Waals surface area contributed by atoms with Gasteiger partial charge in [0.05, 0.1) is 11.1 Å². The Morgan fingerprint density at radius 2 is 2.04 bits per heavy atom. The number of hydrogen-bond donors (Lipinski definition) is 1. The van der Waals surface area contributed by atoms with Crippen LogP contribution in [-0.2, 0) is 21.2 Å². The number of aromatic nitrogens is 2. The molecule has 2 heterocycles. The molecule has 25 heavy (non-hydrogen) atoms. The third-order valence-electron chi connectivity index (χ3n) is 4.31. The van der Waals surface area contributed by atoms with E-state index >= 15 is 0 Å². The van der Waals surface area contributed by atoms with Gasteiger partial charge in [0.1, 0.15) is 5.82 Å². The van der Waals surface area contributed by atoms with Gasteiger partial charge in [-0.1, -0.05) is 0 Å². The lowest BCUT2D eigenvalue weighted by atomic mass is 10.1. The summed E-state index contributed by atoms with van der Waals surface area (Å²) in [5, 5.41) is 4.14. The molecule has 0 saturated heterocycles. The van der Waals surface area contributed by atoms with Crippen molar-refractivity contribution < 1.29 is 13.2 Å². The molecule has 1 aliphatic rings. The van der Waals surface area contributed by atoms with Gasteiger partial charge in [-0.2, -0.15) is 5.10 Å². The molecule has 1 unspecified atom stereocenters. The molecule has 0 fully saturated rings. The van der Waals surface area contributed by atoms with Crippen molar-refractivity contribution in [1.29, 1.82) is 0 Å². The van der Waals surface area contributed by atoms with Gasteiger partial charge in [-0.25, -0.2) is 13.1 Å². The number of rotatable bonds is 4. The van der Waals surface area contributed by atoms with Crippen LogP contribution < -0.4 is 9.62 Å². The lowest BCUT2D eigenvalue weighted by Gasteiger charge is -2.20. The lowest BCUT2D eigenvalue weighted by molar-refractivity contribution is -0.116. The zero-order valence-corrected chi connectivity index (χ0v) is 15.5. The lowest BCUT2D eigenvalue weighted by Crippen LogP contribution is -2.33. The number of fused-ring (bicyclic) bond motifs is 1. The maximum Gasteiger partial charge on any atom is 0.263 e. The molecule has 0 bridgehead atoms. The van der Waals surface area contributed by atoms with Crippen LogP contribution in [0.2, 0.25) is 0 Å². The standard InChI is InChI=1S/C17H22N4O3S/c1-11(2)21-17(7-8-18-21)19-25(23,24)15-5-6-16-14(10-15)9-12(3)20(16)13(4)22/h5-8,10-12,19H,9H2,1-4H3. The molecule has 7 nitrogen and oxygen atoms in total. The van der Waals surface area contributed by atoms with Crippen molar-refractivity contribution >= 4 is 27.4 Å². The second-order valence-corrected chi connectivity index (χ2v) is 8.28. The number of carbonyl (C=O) groups is 1. The highest BCUT2D eigenvalue weighted by molar-refractivity contribution is 7.92. The van der Waals surface area contributed by atoms with Gasteiger partial charge < -0.3 is 4.90 Å². The summed E-state index contributed by atoms with van der Waals surface area (Å²) in [6.07, 6.45) is 2.20. The van der Waals surface area contributed by atoms with Gasteiger partial charge in [0.25, 0.3) is 10.0 Å². The second kappa shape index (κ2) is 6.18. The van der Waals surface area contributed by atoms with Crippen molar-refractivity contribution in [3.8, 4) is 0 Å². The number of benzene rings is 1. The van der Waals surface area contributed by atoms with Crippen LogP contribution in [0.1, 0.15) is 39.3 Å². The number of amides is 1. The number of nitrogens with zero attached hydrogens (tertiary/aromatic N) is 3. The maximum atomic E-state index is 12.7. The van der Waals surface area contributed by atoms with Crippen LogP contribution in [0.4, 0.5) is 11.5 Å². The summed E-state index contributed by atoms with van der Waals surface area (Å²) >= 11 is 0. The predicted octanol–water partition coefficient (Wildman–Crippen LogP) is 2.56. The fourth-order valence-electron chi connectivity index (χ4n) is 3.26. The molecule has 1 atom stereocenters. The molecular formula is C17H22N4O3S. The molecule has 0 saturated carbocycles. The minimum atomic E-state index is -3.73. The Bertz CT molecular complexity index is 918. The summed E-state index contributed by atoms with van der Waals surface area (Å²) in [4.78, 5) is 13.7. The Labute approximate surface area is 147 Å². The van der Waals surface area contributed by atoms with Gasteiger partial charge in [-0.15, -0.1) is 0 Å². The van der Waals surface area contributed by atoms with Gasteiger partial charge >= 0.3 is 0 Å². The predicted molar refractivity (Wildman–Crippen MR) is 96.2 cm³/mol. The minimum Gasteiger partial charge on any atom is -0.309 e. The van der Waals surface area contributed by atoms with Crippen molar-refractivity contribution in [2.45, 2.75) is 51.1 Å². The van der Waals surface area contributed by atoms with E-state index in [1.807, 2.05) is 20.8 Å². The number of anilines is 2. The van der Waals surface area contributed by atoms with E-state index in [4.69, 9.17) is 0 Å². The van der Waals surface area contributed by atoms with Crippen LogP contribution in [0.5, 0.6) is 0 Å². The van der Waals surface area contributed by atoms with E-state index in [0.29, 0.717) is 12.2 Å². The van der Waals surface area contributed by atoms with Crippen LogP contribution in [0.3, 0.4) is 0 Å². The Balaban J connectivity index is 1.93. The minimum absolute atomic E-state index is 0.0285. The van der Waals surface area contributed by atoms with Crippen LogP contribution in [0.25, 0.3) is 0 Å². The number of nitrogens with one attached hydrogen (secondary N) is 1. The van der Waals surface area contributed by atoms with Crippen molar-refractivity contribution in [3.05, 3.63) is 36.0 Å². The first kappa shape index (κ1) is 17.5. The Morgan fingerprint density at radius 3 is 2.68 bits per heavy atom. The molecule has 1 aromatic heterocycles. The summed E-state index contributed by atoms with van der Waals surface area (Å²) in [5.41, 5.74) is 1.65. The third-order valence-corrected chi connectivity index (χ3v) is 5.67. The van der Waals surface area contributed by atoms with E-state index < -0.39 is 10.0 Å². The van der Waals surface area contributed by atoms with E-state index in [1.165, 1.54) is 13.0 Å². The molecular weight excluding hydrogens is 340 g/mol. The number of carbonyl (C=O) groups excluding carboxylic acids is 1. The molecule has 2 aromatic rings. The quantitative estimate of drug-likeness (QED) is 0.906. The van der Waals surface area contributed by atoms with E-state index in [1.54, 1.807) is 34.0 Å². The maximum absolute atomic E-state index is 12.7. The third kappa shape index (κ3) is 3.13. The zero-order valence-electron chi connectivity index (χ0n) is 14.7. The Hall–Kier alpha value is -2.35. The first-order valence-electron chi connectivity index (χ1n) is 8.20. The van der Waals surface area contributed by atoms with Crippen LogP contribution in [-0.4, -0.2) is 30.1 Å². The molecule has 1 aliphatic heterocycles. The highest BCUT2D eigenvalue weighted by Crippen LogP contribution is 2.34. The smallest absolute Gasteiger partial charge is 0.263 e. The van der Waals surface area contributed by atoms with Crippen molar-refractivity contribution in [2.75, 3.05) is 9.62 Å². The number of sulfonamides is 1. The summed E-state index contributed by atoms with van der Waals surface area (Å²) < 4.78 is 29.7. The first-order chi connectivity index (χ1) is 11.7. The number of hydrogen-bond acceptors (Lipinski definition) is 4. The first-order valence-corrected chi connectivity index (χ1v) is 9.68. The van der Waals surface area contributed by atoms with E-state index in [2.05, 4.69) is 9.82 Å². The van der Waals surface area contributed by atoms with Gasteiger partial charge in [0.2, 0.25) is 5.91 Å². The Kier molecular flexibility index (Phi) is 4.32. The zero-order chi connectivity index (χ0) is 18.4. The van der Waals surface area contributed by atoms with Crippen molar-refractivity contribution in [3.63, 3.8) is 0 Å². The second-order valence-electron chi connectivity index (χ2n) is 6.59. The van der Waals surface area contributed by atoms with Gasteiger partial charge in [0, 0.05) is 30.8 Å². The molecule has 1 amide bonds. The van der Waals surface area contributed by atoms with Crippen LogP contribution >= 0.6 is 0 Å². The fraction of sp³-hybridized carbons (Fsp3) is 0.412. The summed E-state index contributed by atoms with van der Waals surface area (Å²) in [6, 6.07) is 6.58. The highest BCUT2D eigenvalue weighted by Gasteiger charge is 2.30. The molecule has 0 spiro atoms. The largest absolute Gasteiger partial charge is 0.309 e. The normalized spacial score (nSPS) is 17.0. The highest BCUT2D eigenvalue weighted by atomic mass is 32.2. The molecule has 1 aromatic carbocycles. The molecule has 8 heteroatoms. The van der Waals surface area contributed by atoms with Gasteiger partial charge in [-0.05, 0) is 51.0 Å². The summed E-state index contributed by atoms with van der Waals surface area (Å²) in [5.74, 6) is 0.384. The Morgan fingerprint density at radius 1 is 1.32 bits per heavy atom. The average molecular weight is 362 g/mol. The van der Waals surface area contributed by atoms with Crippen molar-refractivity contribution in [2.24, 2.45) is 0 Å². The van der Waals surface area contributed by atoms with Gasteiger partial charge in [0.15, 0.2) is 0 Å². The van der Waals surface area contributed by atoms with Crippen LogP contribution in [0, 0.1) is 0 Å². The SMILES string of the molecule is CC(=O)N1c2ccc(S(=O)(=O)Nc3ccnn3C(C)C)cc2CC1C. The molecule has 134 valence electrons. The molecule has 0 radical (unpaired) electrons. The van der Waals surface area contributed by atoms with E-state index in [0.717, 1.165) is 11.3 Å². The average Bonchev–Trinajstić information content (AvgIpc) is 3.08. The van der Waals surface area contributed by atoms with Gasteiger partial charge in [-0.3, -0.25) is 9.52 Å². The van der Waals surface area contributed by atoms with Crippen LogP contribution in [0.15, 0.2) is 35.4 Å². The summed E-state index contributed by atoms with van der Waals surface area (Å²) in [7, 11) is -3.73. The summed E-state index contributed by atoms with van der Waals surface area (Å²) in [6.45, 7) is 7.33. The van der Waals surface area contributed by atoms with E-state index in [9.17, 15) is 13.2 Å². The molecule has 0 aliphatic carbocycles.